The quantitative estimate of drug-likeness (QED) is 0.771. The van der Waals surface area contributed by atoms with Crippen LogP contribution < -0.4 is 10.5 Å². The van der Waals surface area contributed by atoms with Gasteiger partial charge >= 0.3 is 0 Å². The van der Waals surface area contributed by atoms with E-state index >= 15 is 0 Å². The molecule has 0 unspecified atom stereocenters. The molecule has 21 heavy (non-hydrogen) atoms. The van der Waals surface area contributed by atoms with Crippen molar-refractivity contribution in [3.05, 3.63) is 23.8 Å². The third kappa shape index (κ3) is 4.39. The summed E-state index contributed by atoms with van der Waals surface area (Å²) in [6, 6.07) is 9.01. The van der Waals surface area contributed by atoms with E-state index in [1.165, 1.54) is 4.90 Å². The molecule has 0 heterocycles. The van der Waals surface area contributed by atoms with Gasteiger partial charge in [0.1, 0.15) is 11.3 Å². The number of amides is 1. The van der Waals surface area contributed by atoms with Crippen LogP contribution in [0.5, 0.6) is 5.75 Å². The van der Waals surface area contributed by atoms with Gasteiger partial charge in [-0.2, -0.15) is 10.5 Å². The summed E-state index contributed by atoms with van der Waals surface area (Å²) in [4.78, 5) is 14.1. The number of nitrogens with zero attached hydrogens (tertiary/aromatic N) is 3. The molecule has 6 nitrogen and oxygen atoms in total. The Bertz CT molecular complexity index is 554. The highest BCUT2D eigenvalue weighted by Gasteiger charge is 2.21. The van der Waals surface area contributed by atoms with Crippen LogP contribution in [0.15, 0.2) is 18.2 Å². The number of rotatable bonds is 7. The average Bonchev–Trinajstić information content (AvgIpc) is 2.47. The van der Waals surface area contributed by atoms with Crippen molar-refractivity contribution in [2.24, 2.45) is 0 Å². The molecule has 0 saturated carbocycles. The number of hydrogen-bond donors (Lipinski definition) is 1. The van der Waals surface area contributed by atoms with Crippen LogP contribution in [-0.2, 0) is 0 Å². The zero-order valence-corrected chi connectivity index (χ0v) is 12.0. The van der Waals surface area contributed by atoms with Gasteiger partial charge < -0.3 is 15.4 Å². The number of ether oxygens (including phenoxy) is 1. The number of anilines is 1. The molecule has 1 amide bonds. The summed E-state index contributed by atoms with van der Waals surface area (Å²) >= 11 is 0. The van der Waals surface area contributed by atoms with Crippen molar-refractivity contribution in [3.8, 4) is 17.9 Å². The second-order valence-electron chi connectivity index (χ2n) is 4.26. The number of nitrogens with two attached hydrogens (primary N) is 1. The number of carbonyl (C=O) groups is 1. The van der Waals surface area contributed by atoms with E-state index in [1.807, 2.05) is 19.1 Å². The van der Waals surface area contributed by atoms with E-state index in [0.29, 0.717) is 18.0 Å². The van der Waals surface area contributed by atoms with Gasteiger partial charge in [-0.1, -0.05) is 6.07 Å². The first-order valence-corrected chi connectivity index (χ1v) is 6.70. The number of nitrogen functional groups attached to an aromatic ring is 1. The van der Waals surface area contributed by atoms with Crippen LogP contribution in [0.4, 0.5) is 5.69 Å². The van der Waals surface area contributed by atoms with Crippen molar-refractivity contribution >= 4 is 11.6 Å². The van der Waals surface area contributed by atoms with Crippen molar-refractivity contribution < 1.29 is 9.53 Å². The molecule has 0 fully saturated rings. The summed E-state index contributed by atoms with van der Waals surface area (Å²) in [6.07, 6.45) is 0.405. The minimum Gasteiger partial charge on any atom is -0.493 e. The highest BCUT2D eigenvalue weighted by Crippen LogP contribution is 2.26. The van der Waals surface area contributed by atoms with Gasteiger partial charge in [0.25, 0.3) is 5.91 Å². The first-order valence-electron chi connectivity index (χ1n) is 6.70. The molecule has 1 aromatic carbocycles. The highest BCUT2D eigenvalue weighted by molar-refractivity contribution is 6.01. The maximum Gasteiger partial charge on any atom is 0.259 e. The Morgan fingerprint density at radius 3 is 2.43 bits per heavy atom. The molecule has 0 atom stereocenters. The van der Waals surface area contributed by atoms with Gasteiger partial charge in [-0.25, -0.2) is 0 Å². The molecular formula is C15H18N4O2. The average molecular weight is 286 g/mol. The van der Waals surface area contributed by atoms with E-state index in [-0.39, 0.29) is 37.4 Å². The molecule has 2 N–H and O–H groups in total. The molecule has 0 bridgehead atoms. The molecule has 0 aliphatic rings. The molecule has 0 aromatic heterocycles. The lowest BCUT2D eigenvalue weighted by Crippen LogP contribution is -2.33. The fourth-order valence-corrected chi connectivity index (χ4v) is 1.90. The maximum absolute atomic E-state index is 12.6. The highest BCUT2D eigenvalue weighted by atomic mass is 16.5. The molecule has 1 aromatic rings. The predicted molar refractivity (Wildman–Crippen MR) is 78.4 cm³/mol. The van der Waals surface area contributed by atoms with Crippen molar-refractivity contribution in [2.45, 2.75) is 19.8 Å². The fraction of sp³-hybridized carbons (Fsp3) is 0.400. The summed E-state index contributed by atoms with van der Waals surface area (Å²) in [6.45, 7) is 2.76. The lowest BCUT2D eigenvalue weighted by atomic mass is 10.1. The number of benzene rings is 1. The zero-order valence-electron chi connectivity index (χ0n) is 12.0. The van der Waals surface area contributed by atoms with Gasteiger partial charge in [-0.05, 0) is 19.1 Å². The molecule has 0 saturated heterocycles. The molecule has 0 radical (unpaired) electrons. The first-order chi connectivity index (χ1) is 10.2. The molecule has 6 heteroatoms. The van der Waals surface area contributed by atoms with Crippen LogP contribution in [0.3, 0.4) is 0 Å². The number of hydrogen-bond acceptors (Lipinski definition) is 5. The van der Waals surface area contributed by atoms with E-state index in [9.17, 15) is 4.79 Å². The third-order valence-electron chi connectivity index (χ3n) is 2.85. The maximum atomic E-state index is 12.6. The van der Waals surface area contributed by atoms with E-state index in [2.05, 4.69) is 0 Å². The molecule has 0 spiro atoms. The van der Waals surface area contributed by atoms with Crippen molar-refractivity contribution in [1.82, 2.24) is 4.90 Å². The molecule has 0 aliphatic carbocycles. The lowest BCUT2D eigenvalue weighted by molar-refractivity contribution is 0.0759. The van der Waals surface area contributed by atoms with Gasteiger partial charge in [0.05, 0.1) is 31.6 Å². The van der Waals surface area contributed by atoms with Crippen molar-refractivity contribution in [1.29, 1.82) is 10.5 Å². The Hall–Kier alpha value is -2.73. The van der Waals surface area contributed by atoms with Crippen LogP contribution in [0.25, 0.3) is 0 Å². The van der Waals surface area contributed by atoms with Gasteiger partial charge in [-0.3, -0.25) is 4.79 Å². The van der Waals surface area contributed by atoms with Crippen molar-refractivity contribution in [3.63, 3.8) is 0 Å². The molecule has 1 rings (SSSR count). The van der Waals surface area contributed by atoms with Crippen LogP contribution in [0.2, 0.25) is 0 Å². The molecule has 0 aliphatic heterocycles. The lowest BCUT2D eigenvalue weighted by Gasteiger charge is -2.22. The predicted octanol–water partition coefficient (Wildman–Crippen LogP) is 1.94. The van der Waals surface area contributed by atoms with Crippen LogP contribution >= 0.6 is 0 Å². The summed E-state index contributed by atoms with van der Waals surface area (Å²) in [5.74, 6) is 0.100. The van der Waals surface area contributed by atoms with Crippen LogP contribution in [-0.4, -0.2) is 30.5 Å². The van der Waals surface area contributed by atoms with Crippen LogP contribution in [0.1, 0.15) is 30.1 Å². The number of carbonyl (C=O) groups excluding carboxylic acids is 1. The molecular weight excluding hydrogens is 268 g/mol. The van der Waals surface area contributed by atoms with Gasteiger partial charge in [0.15, 0.2) is 0 Å². The second kappa shape index (κ2) is 8.44. The van der Waals surface area contributed by atoms with Gasteiger partial charge in [-0.15, -0.1) is 0 Å². The minimum absolute atomic E-state index is 0.202. The molecule has 110 valence electrons. The summed E-state index contributed by atoms with van der Waals surface area (Å²) < 4.78 is 5.44. The first kappa shape index (κ1) is 16.3. The number of nitriles is 2. The van der Waals surface area contributed by atoms with E-state index in [1.54, 1.807) is 18.2 Å². The fourth-order valence-electron chi connectivity index (χ4n) is 1.90. The smallest absolute Gasteiger partial charge is 0.259 e. The summed E-state index contributed by atoms with van der Waals surface area (Å²) in [5, 5.41) is 17.4. The van der Waals surface area contributed by atoms with E-state index in [0.717, 1.165) is 0 Å². The normalized spacial score (nSPS) is 9.48. The Kier molecular flexibility index (Phi) is 6.56. The Morgan fingerprint density at radius 2 is 1.90 bits per heavy atom. The van der Waals surface area contributed by atoms with Gasteiger partial charge in [0.2, 0.25) is 0 Å². The minimum atomic E-state index is -0.318. The van der Waals surface area contributed by atoms with E-state index < -0.39 is 0 Å². The Balaban J connectivity index is 3.07. The largest absolute Gasteiger partial charge is 0.493 e. The van der Waals surface area contributed by atoms with E-state index in [4.69, 9.17) is 21.0 Å². The standard InChI is InChI=1S/C15H18N4O2/c1-2-21-13-7-3-6-12(18)14(13)15(20)19(10-4-8-16)11-5-9-17/h3,6-7H,2,4-5,10-11,18H2,1H3. The topological polar surface area (TPSA) is 103 Å². The third-order valence-corrected chi connectivity index (χ3v) is 2.85. The summed E-state index contributed by atoms with van der Waals surface area (Å²) in [5.41, 5.74) is 6.50. The van der Waals surface area contributed by atoms with Crippen molar-refractivity contribution in [2.75, 3.05) is 25.4 Å². The second-order valence-corrected chi connectivity index (χ2v) is 4.26. The van der Waals surface area contributed by atoms with Gasteiger partial charge in [0, 0.05) is 18.8 Å². The Labute approximate surface area is 124 Å². The monoisotopic (exact) mass is 286 g/mol. The zero-order chi connectivity index (χ0) is 15.7. The Morgan fingerprint density at radius 1 is 1.29 bits per heavy atom. The van der Waals surface area contributed by atoms with Crippen LogP contribution in [0, 0.1) is 22.7 Å². The SMILES string of the molecule is CCOc1cccc(N)c1C(=O)N(CCC#N)CCC#N. The summed E-state index contributed by atoms with van der Waals surface area (Å²) in [7, 11) is 0.